The minimum Gasteiger partial charge on any atom is -0.439 e. The maximum absolute atomic E-state index is 13.0. The summed E-state index contributed by atoms with van der Waals surface area (Å²) in [7, 11) is 0. The van der Waals surface area contributed by atoms with Crippen molar-refractivity contribution in [1.82, 2.24) is 9.97 Å². The van der Waals surface area contributed by atoms with E-state index in [0.29, 0.717) is 16.8 Å². The number of para-hydroxylation sites is 2. The van der Waals surface area contributed by atoms with Crippen molar-refractivity contribution in [2.45, 2.75) is 5.92 Å². The summed E-state index contributed by atoms with van der Waals surface area (Å²) in [5.74, 6) is -0.180. The summed E-state index contributed by atoms with van der Waals surface area (Å²) < 4.78 is 5.77. The predicted molar refractivity (Wildman–Crippen MR) is 102 cm³/mol. The van der Waals surface area contributed by atoms with Gasteiger partial charge in [0.2, 0.25) is 5.88 Å². The number of nitrogens with zero attached hydrogens (tertiary/aromatic N) is 1. The number of nitrogens with one attached hydrogen (secondary N) is 2. The normalized spacial score (nSPS) is 16.2. The first kappa shape index (κ1) is 15.3. The standard InChI is InChI=1S/C21H14N4O2/c22-9-13-17(14-10-24-15-7-3-1-5-11(14)15)18-19(27-20(13)23)12-6-2-4-8-16(12)25-21(18)26/h1-8,10,17,24H,23H2,(H,25,26). The molecule has 4 N–H and O–H groups in total. The lowest BCUT2D eigenvalue weighted by molar-refractivity contribution is 0.397. The van der Waals surface area contributed by atoms with Crippen LogP contribution in [0.2, 0.25) is 0 Å². The third-order valence-electron chi connectivity index (χ3n) is 5.02. The molecule has 0 amide bonds. The second kappa shape index (κ2) is 5.51. The van der Waals surface area contributed by atoms with Gasteiger partial charge in [-0.25, -0.2) is 0 Å². The lowest BCUT2D eigenvalue weighted by Crippen LogP contribution is -2.27. The van der Waals surface area contributed by atoms with Gasteiger partial charge in [0.15, 0.2) is 0 Å². The fourth-order valence-electron chi connectivity index (χ4n) is 3.82. The van der Waals surface area contributed by atoms with Crippen LogP contribution in [0.15, 0.2) is 71.0 Å². The first-order valence-electron chi connectivity index (χ1n) is 8.47. The fraction of sp³-hybridized carbons (Fsp3) is 0.0476. The van der Waals surface area contributed by atoms with E-state index in [1.807, 2.05) is 48.7 Å². The quantitative estimate of drug-likeness (QED) is 0.488. The number of rotatable bonds is 1. The highest BCUT2D eigenvalue weighted by molar-refractivity contribution is 5.89. The molecule has 3 heterocycles. The van der Waals surface area contributed by atoms with E-state index in [2.05, 4.69) is 16.0 Å². The van der Waals surface area contributed by atoms with Gasteiger partial charge in [-0.15, -0.1) is 0 Å². The van der Waals surface area contributed by atoms with Crippen molar-refractivity contribution in [3.63, 3.8) is 0 Å². The molecule has 0 saturated carbocycles. The Kier molecular flexibility index (Phi) is 3.12. The van der Waals surface area contributed by atoms with Crippen LogP contribution in [-0.2, 0) is 0 Å². The van der Waals surface area contributed by atoms with Gasteiger partial charge in [-0.05, 0) is 23.8 Å². The minimum absolute atomic E-state index is 0.0241. The molecule has 0 spiro atoms. The molecule has 6 heteroatoms. The molecular formula is C21H14N4O2. The van der Waals surface area contributed by atoms with Gasteiger partial charge < -0.3 is 20.4 Å². The van der Waals surface area contributed by atoms with E-state index in [0.717, 1.165) is 21.9 Å². The minimum atomic E-state index is -0.608. The van der Waals surface area contributed by atoms with Crippen LogP contribution < -0.4 is 16.0 Å². The van der Waals surface area contributed by atoms with Gasteiger partial charge in [-0.3, -0.25) is 4.79 Å². The SMILES string of the molecule is N#CC1=C(N)Oc2c(c(=O)[nH]c3ccccc23)C1c1c[nH]c2ccccc12. The van der Waals surface area contributed by atoms with Crippen LogP contribution in [0.3, 0.4) is 0 Å². The van der Waals surface area contributed by atoms with Gasteiger partial charge in [0.25, 0.3) is 5.56 Å². The van der Waals surface area contributed by atoms with E-state index in [1.165, 1.54) is 0 Å². The molecule has 130 valence electrons. The zero-order valence-electron chi connectivity index (χ0n) is 14.1. The maximum Gasteiger partial charge on any atom is 0.256 e. The van der Waals surface area contributed by atoms with Gasteiger partial charge >= 0.3 is 0 Å². The van der Waals surface area contributed by atoms with E-state index in [9.17, 15) is 10.1 Å². The van der Waals surface area contributed by atoms with Crippen LogP contribution in [0.1, 0.15) is 17.0 Å². The molecule has 2 aromatic heterocycles. The molecule has 1 atom stereocenters. The van der Waals surface area contributed by atoms with Crippen molar-refractivity contribution in [3.05, 3.63) is 87.7 Å². The number of fused-ring (bicyclic) bond motifs is 4. The molecule has 2 aromatic carbocycles. The monoisotopic (exact) mass is 354 g/mol. The Morgan fingerprint density at radius 1 is 1.04 bits per heavy atom. The van der Waals surface area contributed by atoms with Crippen LogP contribution in [0.25, 0.3) is 21.8 Å². The first-order chi connectivity index (χ1) is 13.2. The van der Waals surface area contributed by atoms with E-state index < -0.39 is 5.92 Å². The Morgan fingerprint density at radius 2 is 1.74 bits per heavy atom. The van der Waals surface area contributed by atoms with Crippen molar-refractivity contribution in [2.24, 2.45) is 5.73 Å². The molecule has 27 heavy (non-hydrogen) atoms. The Bertz CT molecular complexity index is 1350. The Balaban J connectivity index is 1.90. The van der Waals surface area contributed by atoms with Crippen LogP contribution in [0.4, 0.5) is 0 Å². The topological polar surface area (TPSA) is 108 Å². The van der Waals surface area contributed by atoms with Crippen LogP contribution >= 0.6 is 0 Å². The Morgan fingerprint density at radius 3 is 2.52 bits per heavy atom. The molecule has 0 saturated heterocycles. The number of hydrogen-bond acceptors (Lipinski definition) is 4. The van der Waals surface area contributed by atoms with Gasteiger partial charge in [0.05, 0.1) is 17.0 Å². The molecule has 0 aliphatic carbocycles. The van der Waals surface area contributed by atoms with E-state index in [1.54, 1.807) is 6.07 Å². The fourth-order valence-corrected chi connectivity index (χ4v) is 3.82. The van der Waals surface area contributed by atoms with Crippen molar-refractivity contribution in [2.75, 3.05) is 0 Å². The second-order valence-corrected chi connectivity index (χ2v) is 6.46. The molecule has 1 aliphatic heterocycles. The molecule has 1 aliphatic rings. The van der Waals surface area contributed by atoms with Gasteiger partial charge in [-0.1, -0.05) is 30.3 Å². The van der Waals surface area contributed by atoms with Crippen molar-refractivity contribution < 1.29 is 4.74 Å². The molecular weight excluding hydrogens is 340 g/mol. The number of aromatic amines is 2. The zero-order chi connectivity index (χ0) is 18.5. The molecule has 1 unspecified atom stereocenters. The summed E-state index contributed by atoms with van der Waals surface area (Å²) >= 11 is 0. The third-order valence-corrected chi connectivity index (χ3v) is 5.02. The van der Waals surface area contributed by atoms with E-state index >= 15 is 0 Å². The number of hydrogen-bond donors (Lipinski definition) is 3. The van der Waals surface area contributed by atoms with Crippen LogP contribution in [0, 0.1) is 11.3 Å². The van der Waals surface area contributed by atoms with Crippen LogP contribution in [0.5, 0.6) is 5.75 Å². The predicted octanol–water partition coefficient (Wildman–Crippen LogP) is 3.23. The summed E-state index contributed by atoms with van der Waals surface area (Å²) in [6.07, 6.45) is 1.82. The third kappa shape index (κ3) is 2.09. The summed E-state index contributed by atoms with van der Waals surface area (Å²) in [6.45, 7) is 0. The van der Waals surface area contributed by atoms with Gasteiger partial charge in [-0.2, -0.15) is 5.26 Å². The maximum atomic E-state index is 13.0. The smallest absolute Gasteiger partial charge is 0.256 e. The van der Waals surface area contributed by atoms with Gasteiger partial charge in [0.1, 0.15) is 17.4 Å². The van der Waals surface area contributed by atoms with Crippen molar-refractivity contribution in [1.29, 1.82) is 5.26 Å². The second-order valence-electron chi connectivity index (χ2n) is 6.46. The number of benzene rings is 2. The Hall–Kier alpha value is -3.98. The average molecular weight is 354 g/mol. The highest BCUT2D eigenvalue weighted by Crippen LogP contribution is 2.44. The number of nitrogens with two attached hydrogens (primary N) is 1. The summed E-state index contributed by atoms with van der Waals surface area (Å²) in [4.78, 5) is 19.1. The summed E-state index contributed by atoms with van der Waals surface area (Å²) in [6, 6.07) is 17.3. The van der Waals surface area contributed by atoms with Gasteiger partial charge in [0, 0.05) is 22.5 Å². The molecule has 4 aromatic rings. The number of aromatic nitrogens is 2. The summed E-state index contributed by atoms with van der Waals surface area (Å²) in [5, 5.41) is 11.4. The molecule has 5 rings (SSSR count). The van der Waals surface area contributed by atoms with Crippen molar-refractivity contribution >= 4 is 21.8 Å². The number of nitriles is 1. The number of pyridine rings is 1. The molecule has 0 bridgehead atoms. The first-order valence-corrected chi connectivity index (χ1v) is 8.47. The molecule has 0 radical (unpaired) electrons. The Labute approximate surface area is 153 Å². The largest absolute Gasteiger partial charge is 0.439 e. The number of allylic oxidation sites excluding steroid dienone is 1. The lowest BCUT2D eigenvalue weighted by atomic mass is 9.83. The lowest BCUT2D eigenvalue weighted by Gasteiger charge is -2.26. The van der Waals surface area contributed by atoms with Crippen LogP contribution in [-0.4, -0.2) is 9.97 Å². The summed E-state index contributed by atoms with van der Waals surface area (Å²) in [5.41, 5.74) is 8.83. The molecule has 6 nitrogen and oxygen atoms in total. The van der Waals surface area contributed by atoms with E-state index in [-0.39, 0.29) is 17.0 Å². The van der Waals surface area contributed by atoms with Crippen molar-refractivity contribution in [3.8, 4) is 11.8 Å². The highest BCUT2D eigenvalue weighted by atomic mass is 16.5. The van der Waals surface area contributed by atoms with E-state index in [4.69, 9.17) is 10.5 Å². The average Bonchev–Trinajstić information content (AvgIpc) is 3.11. The molecule has 0 fully saturated rings. The number of ether oxygens (including phenoxy) is 1. The zero-order valence-corrected chi connectivity index (χ0v) is 14.1. The number of H-pyrrole nitrogens is 2. The highest BCUT2D eigenvalue weighted by Gasteiger charge is 2.35.